The molecule has 9 nitrogen and oxygen atoms in total. The van der Waals surface area contributed by atoms with Crippen molar-refractivity contribution in [2.45, 2.75) is 29.4 Å². The fourth-order valence-electron chi connectivity index (χ4n) is 3.53. The van der Waals surface area contributed by atoms with Crippen molar-refractivity contribution in [2.24, 2.45) is 5.92 Å². The third-order valence-corrected chi connectivity index (χ3v) is 7.30. The maximum Gasteiger partial charge on any atom is 0.229 e. The zero-order valence-electron chi connectivity index (χ0n) is 17.4. The van der Waals surface area contributed by atoms with Crippen LogP contribution in [0, 0.1) is 5.92 Å². The second-order valence-electron chi connectivity index (χ2n) is 7.86. The van der Waals surface area contributed by atoms with E-state index in [0.29, 0.717) is 11.7 Å². The van der Waals surface area contributed by atoms with Gasteiger partial charge in [-0.3, -0.25) is 13.9 Å². The molecule has 0 spiro atoms. The van der Waals surface area contributed by atoms with Crippen molar-refractivity contribution in [1.29, 1.82) is 0 Å². The number of thiazole rings is 1. The number of rotatable bonds is 7. The van der Waals surface area contributed by atoms with E-state index in [1.807, 2.05) is 41.1 Å². The predicted octanol–water partition coefficient (Wildman–Crippen LogP) is 3.69. The number of anilines is 1. The van der Waals surface area contributed by atoms with Gasteiger partial charge in [0.15, 0.2) is 15.9 Å². The van der Waals surface area contributed by atoms with Gasteiger partial charge in [0.1, 0.15) is 0 Å². The molecule has 6 rings (SSSR count). The number of pyridine rings is 1. The number of hydrogen-bond donors (Lipinski definition) is 2. The summed E-state index contributed by atoms with van der Waals surface area (Å²) in [4.78, 5) is 17.6. The molecule has 4 heterocycles. The number of fused-ring (bicyclic) bond motifs is 2. The quantitative estimate of drug-likeness (QED) is 0.368. The molecule has 0 unspecified atom stereocenters. The number of benzene rings is 1. The third kappa shape index (κ3) is 4.10. The van der Waals surface area contributed by atoms with E-state index in [2.05, 4.69) is 31.7 Å². The number of carbonyl (C=O) groups is 1. The molecule has 1 aromatic carbocycles. The molecule has 1 fully saturated rings. The summed E-state index contributed by atoms with van der Waals surface area (Å²) in [5.41, 5.74) is 3.57. The highest BCUT2D eigenvalue weighted by Gasteiger charge is 2.30. The van der Waals surface area contributed by atoms with Crippen LogP contribution in [-0.4, -0.2) is 47.0 Å². The van der Waals surface area contributed by atoms with Crippen LogP contribution >= 0.6 is 23.1 Å². The minimum atomic E-state index is 0.0465. The first-order valence-corrected chi connectivity index (χ1v) is 12.2. The van der Waals surface area contributed by atoms with E-state index < -0.39 is 0 Å². The number of aromatic nitrogens is 6. The van der Waals surface area contributed by atoms with Crippen LogP contribution in [0.2, 0.25) is 0 Å². The Morgan fingerprint density at radius 1 is 1.18 bits per heavy atom. The van der Waals surface area contributed by atoms with Crippen LogP contribution in [0.3, 0.4) is 0 Å². The summed E-state index contributed by atoms with van der Waals surface area (Å²) in [7, 11) is 0. The normalized spacial score (nSPS) is 13.7. The Labute approximate surface area is 196 Å². The molecule has 1 aliphatic carbocycles. The largest absolute Gasteiger partial charge is 0.394 e. The number of hydrogen-bond acceptors (Lipinski definition) is 8. The molecular formula is C22H19N7O2S2. The van der Waals surface area contributed by atoms with Crippen molar-refractivity contribution in [3.05, 3.63) is 48.9 Å². The van der Waals surface area contributed by atoms with Gasteiger partial charge in [0.2, 0.25) is 5.91 Å². The third-order valence-electron chi connectivity index (χ3n) is 5.41. The average molecular weight is 478 g/mol. The minimum Gasteiger partial charge on any atom is -0.394 e. The van der Waals surface area contributed by atoms with Crippen LogP contribution in [0.4, 0.5) is 5.13 Å². The first-order chi connectivity index (χ1) is 16.2. The van der Waals surface area contributed by atoms with Crippen LogP contribution in [0.15, 0.2) is 59.0 Å². The second kappa shape index (κ2) is 8.25. The number of aliphatic hydroxyl groups excluding tert-OH is 1. The predicted molar refractivity (Wildman–Crippen MR) is 126 cm³/mol. The van der Waals surface area contributed by atoms with Crippen LogP contribution in [0.5, 0.6) is 0 Å². The maximum atomic E-state index is 12.0. The standard InChI is InChI=1S/C22H19N7O2S2/c30-8-7-28-11-15(10-23-28)14-3-6-19-26-27-22(29(19)12-14)32-16-4-5-17-18(9-16)33-21(24-17)25-20(31)13-1-2-13/h3-6,9-13,30H,1-2,7-8H2,(H,24,25,31). The molecule has 0 aliphatic heterocycles. The Kier molecular flexibility index (Phi) is 5.08. The van der Waals surface area contributed by atoms with Gasteiger partial charge in [0.25, 0.3) is 0 Å². The molecule has 0 bridgehead atoms. The molecule has 11 heteroatoms. The lowest BCUT2D eigenvalue weighted by Gasteiger charge is -2.03. The van der Waals surface area contributed by atoms with Crippen molar-refractivity contribution < 1.29 is 9.90 Å². The number of nitrogens with zero attached hydrogens (tertiary/aromatic N) is 6. The van der Waals surface area contributed by atoms with Gasteiger partial charge in [-0.15, -0.1) is 10.2 Å². The highest BCUT2D eigenvalue weighted by molar-refractivity contribution is 7.99. The summed E-state index contributed by atoms with van der Waals surface area (Å²) < 4.78 is 4.69. The molecule has 0 radical (unpaired) electrons. The van der Waals surface area contributed by atoms with Gasteiger partial charge in [-0.25, -0.2) is 4.98 Å². The molecule has 1 amide bonds. The first kappa shape index (κ1) is 20.3. The van der Waals surface area contributed by atoms with E-state index in [1.54, 1.807) is 10.9 Å². The van der Waals surface area contributed by atoms with Crippen LogP contribution < -0.4 is 5.32 Å². The molecule has 4 aromatic heterocycles. The Balaban J connectivity index is 1.26. The van der Waals surface area contributed by atoms with Gasteiger partial charge in [-0.05, 0) is 54.9 Å². The van der Waals surface area contributed by atoms with Gasteiger partial charge in [0, 0.05) is 34.3 Å². The first-order valence-electron chi connectivity index (χ1n) is 10.5. The Morgan fingerprint density at radius 2 is 2.09 bits per heavy atom. The second-order valence-corrected chi connectivity index (χ2v) is 9.93. The SMILES string of the molecule is O=C(Nc1nc2ccc(Sc3nnc4ccc(-c5cnn(CCO)c5)cn34)cc2s1)C1CC1. The minimum absolute atomic E-state index is 0.0465. The van der Waals surface area contributed by atoms with E-state index in [-0.39, 0.29) is 18.4 Å². The lowest BCUT2D eigenvalue weighted by Crippen LogP contribution is -2.12. The number of aliphatic hydroxyl groups is 1. The van der Waals surface area contributed by atoms with Crippen molar-refractivity contribution in [1.82, 2.24) is 29.4 Å². The Bertz CT molecular complexity index is 1480. The molecule has 5 aromatic rings. The summed E-state index contributed by atoms with van der Waals surface area (Å²) in [6, 6.07) is 9.94. The van der Waals surface area contributed by atoms with E-state index in [4.69, 9.17) is 5.11 Å². The maximum absolute atomic E-state index is 12.0. The van der Waals surface area contributed by atoms with Gasteiger partial charge < -0.3 is 10.4 Å². The molecule has 166 valence electrons. The summed E-state index contributed by atoms with van der Waals surface area (Å²) >= 11 is 3.00. The Hall–Kier alpha value is -3.28. The Morgan fingerprint density at radius 3 is 2.94 bits per heavy atom. The fourth-order valence-corrected chi connectivity index (χ4v) is 5.36. The lowest BCUT2D eigenvalue weighted by atomic mass is 10.2. The fraction of sp³-hybridized carbons (Fsp3) is 0.227. The van der Waals surface area contributed by atoms with E-state index in [9.17, 15) is 4.79 Å². The zero-order valence-corrected chi connectivity index (χ0v) is 19.0. The van der Waals surface area contributed by atoms with E-state index in [0.717, 1.165) is 49.9 Å². The molecular weight excluding hydrogens is 458 g/mol. The molecule has 0 saturated heterocycles. The zero-order chi connectivity index (χ0) is 22.4. The summed E-state index contributed by atoms with van der Waals surface area (Å²) in [5.74, 6) is 0.217. The average Bonchev–Trinajstić information content (AvgIpc) is 3.25. The molecule has 1 aliphatic rings. The van der Waals surface area contributed by atoms with Gasteiger partial charge in [-0.1, -0.05) is 11.3 Å². The smallest absolute Gasteiger partial charge is 0.229 e. The molecule has 0 atom stereocenters. The van der Waals surface area contributed by atoms with E-state index >= 15 is 0 Å². The van der Waals surface area contributed by atoms with Crippen molar-refractivity contribution in [2.75, 3.05) is 11.9 Å². The van der Waals surface area contributed by atoms with E-state index in [1.165, 1.54) is 23.1 Å². The topological polar surface area (TPSA) is 110 Å². The summed E-state index contributed by atoms with van der Waals surface area (Å²) in [5, 5.41) is 26.4. The number of nitrogens with one attached hydrogen (secondary N) is 1. The van der Waals surface area contributed by atoms with Crippen LogP contribution in [0.1, 0.15) is 12.8 Å². The van der Waals surface area contributed by atoms with Gasteiger partial charge >= 0.3 is 0 Å². The summed E-state index contributed by atoms with van der Waals surface area (Å²) in [6.45, 7) is 0.507. The monoisotopic (exact) mass is 477 g/mol. The van der Waals surface area contributed by atoms with Crippen LogP contribution in [-0.2, 0) is 11.3 Å². The van der Waals surface area contributed by atoms with Crippen molar-refractivity contribution in [3.8, 4) is 11.1 Å². The highest BCUT2D eigenvalue weighted by atomic mass is 32.2. The lowest BCUT2D eigenvalue weighted by molar-refractivity contribution is -0.117. The van der Waals surface area contributed by atoms with Gasteiger partial charge in [-0.2, -0.15) is 5.10 Å². The van der Waals surface area contributed by atoms with Crippen molar-refractivity contribution in [3.63, 3.8) is 0 Å². The van der Waals surface area contributed by atoms with Crippen molar-refractivity contribution >= 4 is 50.0 Å². The highest BCUT2D eigenvalue weighted by Crippen LogP contribution is 2.35. The molecule has 33 heavy (non-hydrogen) atoms. The number of amides is 1. The number of carbonyl (C=O) groups excluding carboxylic acids is 1. The molecule has 2 N–H and O–H groups in total. The van der Waals surface area contributed by atoms with Gasteiger partial charge in [0.05, 0.1) is 29.6 Å². The molecule has 1 saturated carbocycles. The van der Waals surface area contributed by atoms with Crippen LogP contribution in [0.25, 0.3) is 27.0 Å². The summed E-state index contributed by atoms with van der Waals surface area (Å²) in [6.07, 6.45) is 7.62.